The van der Waals surface area contributed by atoms with Gasteiger partial charge in [-0.1, -0.05) is 206 Å². The monoisotopic (exact) mass is 864 g/mol. The summed E-state index contributed by atoms with van der Waals surface area (Å²) < 4.78 is 42.4. The topological polar surface area (TPSA) is 55.4 Å². The van der Waals surface area contributed by atoms with Crippen molar-refractivity contribution in [1.29, 1.82) is 0 Å². The molecule has 0 N–H and O–H groups in total. The van der Waals surface area contributed by atoms with Crippen LogP contribution in [0, 0.1) is 0 Å². The first-order valence-corrected chi connectivity index (χ1v) is 22.3. The summed E-state index contributed by atoms with van der Waals surface area (Å²) in [6, 6.07) is 73.6. The molecule has 0 saturated heterocycles. The average molecular weight is 865 g/mol. The van der Waals surface area contributed by atoms with Crippen LogP contribution in [0.2, 0.25) is 0 Å². The van der Waals surface area contributed by atoms with Crippen molar-refractivity contribution in [2.45, 2.75) is 39.6 Å². The van der Waals surface area contributed by atoms with Crippen molar-refractivity contribution in [2.24, 2.45) is 0 Å². The van der Waals surface area contributed by atoms with E-state index in [1.165, 1.54) is 0 Å². The van der Waals surface area contributed by atoms with E-state index in [2.05, 4.69) is 103 Å². The van der Waals surface area contributed by atoms with E-state index in [4.69, 9.17) is 28.4 Å². The molecule has 0 aromatic heterocycles. The smallest absolute Gasteiger partial charge is 0.208 e. The third-order valence-electron chi connectivity index (χ3n) is 11.5. The van der Waals surface area contributed by atoms with Gasteiger partial charge in [-0.05, 0) is 61.7 Å². The molecule has 10 rings (SSSR count). The van der Waals surface area contributed by atoms with E-state index in [1.807, 2.05) is 115 Å². The van der Waals surface area contributed by atoms with Crippen LogP contribution in [0.1, 0.15) is 33.4 Å². The van der Waals surface area contributed by atoms with Crippen LogP contribution in [-0.2, 0) is 39.6 Å². The van der Waals surface area contributed by atoms with Crippen LogP contribution >= 0.6 is 0 Å². The van der Waals surface area contributed by atoms with Gasteiger partial charge in [-0.15, -0.1) is 0 Å². The standard InChI is InChI=1S/C60H48O6/c1-7-21-43(22-8-1)37-61-52-36-35-51-49-33-19-20-34-50(49)54-55(53(51)56(52)62-38-44-23-9-2-10-24-44)58(64-40-46-27-13-4-14-28-46)60(66-42-48-31-17-6-18-32-48)59(65-41-47-29-15-5-16-30-47)57(54)63-39-45-25-11-3-12-26-45/h1-36H,37-42H2. The maximum Gasteiger partial charge on any atom is 0.208 e. The van der Waals surface area contributed by atoms with E-state index in [1.54, 1.807) is 0 Å². The quantitative estimate of drug-likeness (QED) is 0.0801. The first kappa shape index (κ1) is 41.8. The zero-order valence-electron chi connectivity index (χ0n) is 36.5. The average Bonchev–Trinajstić information content (AvgIpc) is 3.39. The molecule has 0 unspecified atom stereocenters. The van der Waals surface area contributed by atoms with Crippen molar-refractivity contribution < 1.29 is 28.4 Å². The van der Waals surface area contributed by atoms with E-state index in [9.17, 15) is 0 Å². The van der Waals surface area contributed by atoms with Crippen molar-refractivity contribution in [3.63, 3.8) is 0 Å². The Bertz CT molecular complexity index is 3140. The van der Waals surface area contributed by atoms with Gasteiger partial charge < -0.3 is 28.4 Å². The van der Waals surface area contributed by atoms with Gasteiger partial charge in [0.15, 0.2) is 23.0 Å². The molecule has 0 aliphatic heterocycles. The SMILES string of the molecule is c1ccc(COc2ccc3c4ccccc4c4c(OCc5ccccc5)c(OCc5ccccc5)c(OCc5ccccc5)c(OCc5ccccc5)c4c3c2OCc2ccccc2)cc1. The van der Waals surface area contributed by atoms with Gasteiger partial charge in [0.1, 0.15) is 39.6 Å². The molecule has 6 heteroatoms. The highest BCUT2D eigenvalue weighted by atomic mass is 16.6. The van der Waals surface area contributed by atoms with Crippen molar-refractivity contribution in [3.8, 4) is 34.5 Å². The Balaban J connectivity index is 1.30. The lowest BCUT2D eigenvalue weighted by Crippen LogP contribution is -2.08. The lowest BCUT2D eigenvalue weighted by atomic mass is 9.91. The lowest BCUT2D eigenvalue weighted by molar-refractivity contribution is 0.217. The molecule has 6 nitrogen and oxygen atoms in total. The van der Waals surface area contributed by atoms with Crippen LogP contribution in [0.4, 0.5) is 0 Å². The Kier molecular flexibility index (Phi) is 12.7. The molecule has 10 aromatic carbocycles. The molecule has 0 aliphatic rings. The Morgan fingerprint density at radius 1 is 0.197 bits per heavy atom. The fourth-order valence-corrected chi connectivity index (χ4v) is 8.31. The molecular formula is C60H48O6. The summed E-state index contributed by atoms with van der Waals surface area (Å²) in [5, 5.41) is 5.28. The molecule has 0 amide bonds. The third-order valence-corrected chi connectivity index (χ3v) is 11.5. The largest absolute Gasteiger partial charge is 0.485 e. The van der Waals surface area contributed by atoms with Crippen LogP contribution in [0.15, 0.2) is 218 Å². The van der Waals surface area contributed by atoms with Gasteiger partial charge in [-0.25, -0.2) is 0 Å². The minimum absolute atomic E-state index is 0.238. The van der Waals surface area contributed by atoms with Crippen LogP contribution in [0.3, 0.4) is 0 Å². The molecular weight excluding hydrogens is 817 g/mol. The number of fused-ring (bicyclic) bond motifs is 6. The van der Waals surface area contributed by atoms with Gasteiger partial charge >= 0.3 is 0 Å². The molecule has 0 fully saturated rings. The van der Waals surface area contributed by atoms with Gasteiger partial charge in [-0.2, -0.15) is 0 Å². The predicted molar refractivity (Wildman–Crippen MR) is 264 cm³/mol. The molecule has 10 aromatic rings. The van der Waals surface area contributed by atoms with Crippen LogP contribution in [0.5, 0.6) is 34.5 Å². The van der Waals surface area contributed by atoms with E-state index >= 15 is 0 Å². The Morgan fingerprint density at radius 3 is 0.864 bits per heavy atom. The first-order chi connectivity index (χ1) is 32.8. The first-order valence-electron chi connectivity index (χ1n) is 22.3. The molecule has 0 saturated carbocycles. The summed E-state index contributed by atoms with van der Waals surface area (Å²) in [5.74, 6) is 3.06. The second kappa shape index (κ2) is 20.1. The Morgan fingerprint density at radius 2 is 0.470 bits per heavy atom. The van der Waals surface area contributed by atoms with Crippen molar-refractivity contribution in [3.05, 3.63) is 252 Å². The highest BCUT2D eigenvalue weighted by molar-refractivity contribution is 6.31. The summed E-state index contributed by atoms with van der Waals surface area (Å²) >= 11 is 0. The lowest BCUT2D eigenvalue weighted by Gasteiger charge is -2.26. The zero-order valence-corrected chi connectivity index (χ0v) is 36.5. The summed E-state index contributed by atoms with van der Waals surface area (Å²) in [7, 11) is 0. The van der Waals surface area contributed by atoms with Crippen LogP contribution in [-0.4, -0.2) is 0 Å². The molecule has 0 bridgehead atoms. The van der Waals surface area contributed by atoms with Gasteiger partial charge in [0.05, 0.1) is 0 Å². The minimum Gasteiger partial charge on any atom is -0.485 e. The van der Waals surface area contributed by atoms with Crippen molar-refractivity contribution >= 4 is 32.3 Å². The molecule has 0 heterocycles. The van der Waals surface area contributed by atoms with Gasteiger partial charge in [-0.3, -0.25) is 0 Å². The van der Waals surface area contributed by atoms with E-state index in [0.717, 1.165) is 65.7 Å². The maximum absolute atomic E-state index is 7.22. The summed E-state index contributed by atoms with van der Waals surface area (Å²) in [4.78, 5) is 0. The number of benzene rings is 10. The minimum atomic E-state index is 0.238. The summed E-state index contributed by atoms with van der Waals surface area (Å²) in [6.07, 6.45) is 0. The van der Waals surface area contributed by atoms with E-state index < -0.39 is 0 Å². The fraction of sp³-hybridized carbons (Fsp3) is 0.100. The van der Waals surface area contributed by atoms with E-state index in [-0.39, 0.29) is 26.4 Å². The second-order valence-electron chi connectivity index (χ2n) is 16.1. The van der Waals surface area contributed by atoms with E-state index in [0.29, 0.717) is 47.7 Å². The molecule has 0 spiro atoms. The molecule has 0 radical (unpaired) electrons. The molecule has 0 aliphatic carbocycles. The van der Waals surface area contributed by atoms with Crippen molar-refractivity contribution in [2.75, 3.05) is 0 Å². The maximum atomic E-state index is 7.22. The third kappa shape index (κ3) is 9.35. The second-order valence-corrected chi connectivity index (χ2v) is 16.1. The number of rotatable bonds is 18. The predicted octanol–water partition coefficient (Wildman–Crippen LogP) is 14.6. The highest BCUT2D eigenvalue weighted by Crippen LogP contribution is 2.58. The number of ether oxygens (including phenoxy) is 6. The van der Waals surface area contributed by atoms with Crippen molar-refractivity contribution in [1.82, 2.24) is 0 Å². The molecule has 66 heavy (non-hydrogen) atoms. The van der Waals surface area contributed by atoms with Gasteiger partial charge in [0.25, 0.3) is 0 Å². The fourth-order valence-electron chi connectivity index (χ4n) is 8.31. The Hall–Kier alpha value is -8.22. The zero-order chi connectivity index (χ0) is 44.3. The molecule has 324 valence electrons. The highest BCUT2D eigenvalue weighted by Gasteiger charge is 2.31. The Labute approximate surface area is 385 Å². The van der Waals surface area contributed by atoms with Crippen LogP contribution < -0.4 is 28.4 Å². The number of hydrogen-bond acceptors (Lipinski definition) is 6. The number of hydrogen-bond donors (Lipinski definition) is 0. The summed E-state index contributed by atoms with van der Waals surface area (Å²) in [5.41, 5.74) is 6.03. The van der Waals surface area contributed by atoms with Crippen LogP contribution in [0.25, 0.3) is 32.3 Å². The normalized spacial score (nSPS) is 11.1. The van der Waals surface area contributed by atoms with Gasteiger partial charge in [0.2, 0.25) is 11.5 Å². The molecule has 0 atom stereocenters. The summed E-state index contributed by atoms with van der Waals surface area (Å²) in [6.45, 7) is 1.64. The van der Waals surface area contributed by atoms with Gasteiger partial charge in [0, 0.05) is 16.2 Å².